The van der Waals surface area contributed by atoms with Gasteiger partial charge in [-0.05, 0) is 85.4 Å². The number of carbonyl (C=O) groups excluding carboxylic acids is 2. The third-order valence-electron chi connectivity index (χ3n) is 8.71. The van der Waals surface area contributed by atoms with Crippen molar-refractivity contribution in [1.29, 1.82) is 0 Å². The fourth-order valence-electron chi connectivity index (χ4n) is 6.43. The predicted octanol–water partition coefficient (Wildman–Crippen LogP) is 6.90. The third kappa shape index (κ3) is 6.89. The minimum absolute atomic E-state index is 0.0497. The predicted molar refractivity (Wildman–Crippen MR) is 171 cm³/mol. The highest BCUT2D eigenvalue weighted by Gasteiger charge is 2.25. The second-order valence-corrected chi connectivity index (χ2v) is 12.2. The summed E-state index contributed by atoms with van der Waals surface area (Å²) in [5.41, 5.74) is 4.66. The summed E-state index contributed by atoms with van der Waals surface area (Å²) in [7, 11) is 0. The van der Waals surface area contributed by atoms with Gasteiger partial charge >= 0.3 is 0 Å². The number of carbonyl (C=O) groups is 2. The Balaban J connectivity index is 1.19. The fourth-order valence-corrected chi connectivity index (χ4v) is 6.55. The summed E-state index contributed by atoms with van der Waals surface area (Å²) < 4.78 is 5.74. The van der Waals surface area contributed by atoms with Crippen molar-refractivity contribution in [3.05, 3.63) is 122 Å². The van der Waals surface area contributed by atoms with Crippen molar-refractivity contribution < 1.29 is 19.1 Å². The summed E-state index contributed by atoms with van der Waals surface area (Å²) in [6.07, 6.45) is 8.04. The Morgan fingerprint density at radius 2 is 1.80 bits per heavy atom. The first kappa shape index (κ1) is 29.7. The normalized spacial score (nSPS) is 17.6. The summed E-state index contributed by atoms with van der Waals surface area (Å²) in [6, 6.07) is 21.1. The van der Waals surface area contributed by atoms with Crippen molar-refractivity contribution in [3.8, 4) is 5.75 Å². The highest BCUT2D eigenvalue weighted by molar-refractivity contribution is 6.30. The molecule has 0 unspecified atom stereocenters. The number of phenolic OH excluding ortho intramolecular Hbond substituents is 1. The molecule has 0 spiro atoms. The Morgan fingerprint density at radius 1 is 1.02 bits per heavy atom. The number of likely N-dealkylation sites (tertiary alicyclic amines) is 1. The van der Waals surface area contributed by atoms with Crippen LogP contribution in [0.5, 0.6) is 5.75 Å². The Hall–Kier alpha value is -4.36. The van der Waals surface area contributed by atoms with Gasteiger partial charge in [-0.2, -0.15) is 0 Å². The molecule has 8 heteroatoms. The lowest BCUT2D eigenvalue weighted by atomic mass is 9.79. The van der Waals surface area contributed by atoms with Crippen LogP contribution < -0.4 is 10.7 Å². The van der Waals surface area contributed by atoms with Gasteiger partial charge < -0.3 is 19.7 Å². The molecule has 6 rings (SSSR count). The maximum atomic E-state index is 13.4. The fraction of sp³-hybridized carbons (Fsp3) is 0.306. The lowest BCUT2D eigenvalue weighted by Gasteiger charge is -2.28. The summed E-state index contributed by atoms with van der Waals surface area (Å²) >= 11 is 6.11. The lowest BCUT2D eigenvalue weighted by Crippen LogP contribution is -2.36. The van der Waals surface area contributed by atoms with Gasteiger partial charge in [0.15, 0.2) is 11.2 Å². The van der Waals surface area contributed by atoms with E-state index in [-0.39, 0.29) is 34.5 Å². The van der Waals surface area contributed by atoms with E-state index in [4.69, 9.17) is 16.0 Å². The molecule has 1 aliphatic heterocycles. The van der Waals surface area contributed by atoms with Gasteiger partial charge in [0.1, 0.15) is 11.3 Å². The SMILES string of the molecule is O=C(N[C@@H](C=C1CCC(c2ccccc2CN2CCCC2=O)CC1)Cc1ccc(Cl)cc1)c1cc(=O)c2ccc(O)cc2o1. The molecule has 4 aromatic rings. The first-order chi connectivity index (χ1) is 21.3. The second-order valence-electron chi connectivity index (χ2n) is 11.8. The first-order valence-electron chi connectivity index (χ1n) is 15.2. The first-order valence-corrected chi connectivity index (χ1v) is 15.6. The number of fused-ring (bicyclic) bond motifs is 1. The van der Waals surface area contributed by atoms with Crippen LogP contribution in [-0.2, 0) is 17.8 Å². The molecule has 1 aliphatic carbocycles. The molecule has 2 amide bonds. The van der Waals surface area contributed by atoms with Crippen LogP contribution >= 0.6 is 11.6 Å². The monoisotopic (exact) mass is 610 g/mol. The van der Waals surface area contributed by atoms with Gasteiger partial charge in [-0.1, -0.05) is 59.6 Å². The van der Waals surface area contributed by atoms with Gasteiger partial charge in [0.25, 0.3) is 5.91 Å². The second kappa shape index (κ2) is 13.1. The van der Waals surface area contributed by atoms with Crippen LogP contribution in [0.4, 0.5) is 0 Å². The molecule has 1 aromatic heterocycles. The van der Waals surface area contributed by atoms with Gasteiger partial charge in [0, 0.05) is 36.7 Å². The molecule has 2 fully saturated rings. The lowest BCUT2D eigenvalue weighted by molar-refractivity contribution is -0.128. The quantitative estimate of drug-likeness (QED) is 0.211. The number of rotatable bonds is 8. The van der Waals surface area contributed by atoms with Gasteiger partial charge in [0.05, 0.1) is 11.4 Å². The Morgan fingerprint density at radius 3 is 2.55 bits per heavy atom. The van der Waals surface area contributed by atoms with Crippen molar-refractivity contribution in [2.24, 2.45) is 0 Å². The summed E-state index contributed by atoms with van der Waals surface area (Å²) in [6.45, 7) is 1.50. The molecule has 2 N–H and O–H groups in total. The van der Waals surface area contributed by atoms with Crippen LogP contribution in [0.1, 0.15) is 71.7 Å². The molecule has 0 bridgehead atoms. The largest absolute Gasteiger partial charge is 0.508 e. The molecular formula is C36H35ClN2O5. The molecule has 2 aliphatic rings. The van der Waals surface area contributed by atoms with Crippen LogP contribution in [0.3, 0.4) is 0 Å². The minimum atomic E-state index is -0.498. The van der Waals surface area contributed by atoms with Crippen LogP contribution in [0.25, 0.3) is 11.0 Å². The average molecular weight is 611 g/mol. The van der Waals surface area contributed by atoms with Gasteiger partial charge in [-0.15, -0.1) is 0 Å². The van der Waals surface area contributed by atoms with Gasteiger partial charge in [0.2, 0.25) is 5.91 Å². The van der Waals surface area contributed by atoms with Gasteiger partial charge in [-0.3, -0.25) is 14.4 Å². The van der Waals surface area contributed by atoms with Crippen LogP contribution in [-0.4, -0.2) is 34.4 Å². The topological polar surface area (TPSA) is 99.9 Å². The highest BCUT2D eigenvalue weighted by atomic mass is 35.5. The zero-order chi connectivity index (χ0) is 30.6. The molecule has 3 aromatic carbocycles. The number of halogens is 1. The number of nitrogens with zero attached hydrogens (tertiary/aromatic N) is 1. The van der Waals surface area contributed by atoms with Crippen LogP contribution in [0.15, 0.2) is 93.7 Å². The average Bonchev–Trinajstić information content (AvgIpc) is 3.42. The van der Waals surface area contributed by atoms with Crippen molar-refractivity contribution in [2.75, 3.05) is 6.54 Å². The number of allylic oxidation sites excluding steroid dienone is 1. The van der Waals surface area contributed by atoms with E-state index in [1.807, 2.05) is 29.2 Å². The Bertz CT molecular complexity index is 1770. The Kier molecular flexibility index (Phi) is 8.84. The highest BCUT2D eigenvalue weighted by Crippen LogP contribution is 2.37. The summed E-state index contributed by atoms with van der Waals surface area (Å²) in [4.78, 5) is 40.3. The van der Waals surface area contributed by atoms with Crippen LogP contribution in [0.2, 0.25) is 5.02 Å². The standard InChI is InChI=1S/C36H35ClN2O5/c37-27-13-9-24(10-14-27)19-28(38-36(43)34-21-32(41)31-16-15-29(40)20-33(31)44-34)18-23-7-11-25(12-8-23)30-5-2-1-4-26(30)22-39-17-3-6-35(39)42/h1-2,4-5,9-10,13-16,18,20-21,25,28,40H,3,6-8,11-12,17,19,22H2,(H,38,43)/t25?,28-/m0/s1. The molecule has 0 radical (unpaired) electrons. The van der Waals surface area contributed by atoms with E-state index in [0.717, 1.165) is 44.2 Å². The Labute approximate surface area is 261 Å². The zero-order valence-corrected chi connectivity index (χ0v) is 25.2. The minimum Gasteiger partial charge on any atom is -0.508 e. The van der Waals surface area contributed by atoms with E-state index in [1.165, 1.54) is 41.0 Å². The van der Waals surface area contributed by atoms with E-state index in [9.17, 15) is 19.5 Å². The van der Waals surface area contributed by atoms with E-state index in [1.54, 1.807) is 0 Å². The third-order valence-corrected chi connectivity index (χ3v) is 8.97. The molecule has 1 saturated heterocycles. The maximum absolute atomic E-state index is 13.4. The summed E-state index contributed by atoms with van der Waals surface area (Å²) in [5, 5.41) is 13.8. The molecule has 1 saturated carbocycles. The molecule has 1 atom stereocenters. The number of hydrogen-bond donors (Lipinski definition) is 2. The molecule has 7 nitrogen and oxygen atoms in total. The van der Waals surface area contributed by atoms with E-state index in [2.05, 4.69) is 35.7 Å². The van der Waals surface area contributed by atoms with E-state index in [0.29, 0.717) is 35.7 Å². The smallest absolute Gasteiger partial charge is 0.287 e. The molecule has 2 heterocycles. The maximum Gasteiger partial charge on any atom is 0.287 e. The van der Waals surface area contributed by atoms with Gasteiger partial charge in [-0.25, -0.2) is 0 Å². The zero-order valence-electron chi connectivity index (χ0n) is 24.4. The number of nitrogens with one attached hydrogen (secondary N) is 1. The van der Waals surface area contributed by atoms with Crippen molar-refractivity contribution in [3.63, 3.8) is 0 Å². The number of aromatic hydroxyl groups is 1. The number of phenols is 1. The molecular weight excluding hydrogens is 576 g/mol. The summed E-state index contributed by atoms with van der Waals surface area (Å²) in [5.74, 6) is -0.00448. The van der Waals surface area contributed by atoms with Crippen molar-refractivity contribution in [2.45, 2.75) is 63.5 Å². The van der Waals surface area contributed by atoms with Crippen LogP contribution in [0, 0.1) is 0 Å². The molecule has 44 heavy (non-hydrogen) atoms. The number of benzene rings is 3. The van der Waals surface area contributed by atoms with Crippen molar-refractivity contribution >= 4 is 34.4 Å². The van der Waals surface area contributed by atoms with Crippen molar-refractivity contribution in [1.82, 2.24) is 10.2 Å². The van der Waals surface area contributed by atoms with E-state index >= 15 is 0 Å². The van der Waals surface area contributed by atoms with E-state index < -0.39 is 5.91 Å². The molecule has 226 valence electrons. The number of hydrogen-bond acceptors (Lipinski definition) is 5. The number of amides is 2.